The Hall–Kier alpha value is -3.54. The Morgan fingerprint density at radius 1 is 1.36 bits per heavy atom. The molecule has 11 nitrogen and oxygen atoms in total. The summed E-state index contributed by atoms with van der Waals surface area (Å²) in [5, 5.41) is 16.6. The van der Waals surface area contributed by atoms with Gasteiger partial charge in [-0.25, -0.2) is 15.0 Å². The summed E-state index contributed by atoms with van der Waals surface area (Å²) in [6.07, 6.45) is 5.58. The summed E-state index contributed by atoms with van der Waals surface area (Å²) in [5.74, 6) is 0.490. The summed E-state index contributed by atoms with van der Waals surface area (Å²) in [6.45, 7) is 0.458. The molecule has 12 heteroatoms. The zero-order chi connectivity index (χ0) is 22.9. The first-order valence-corrected chi connectivity index (χ1v) is 10.6. The number of nitrogens with zero attached hydrogens (tertiary/aromatic N) is 5. The zero-order valence-electron chi connectivity index (χ0n) is 17.5. The summed E-state index contributed by atoms with van der Waals surface area (Å²) >= 11 is 6.12. The number of aliphatic hydroxyl groups is 1. The van der Waals surface area contributed by atoms with Crippen LogP contribution in [0.4, 0.5) is 5.82 Å². The van der Waals surface area contributed by atoms with Crippen LogP contribution in [0.3, 0.4) is 0 Å². The molecule has 0 aromatic carbocycles. The summed E-state index contributed by atoms with van der Waals surface area (Å²) in [7, 11) is 1.49. The fraction of sp³-hybridized carbons (Fsp3) is 0.286. The number of aromatic nitrogens is 5. The molecule has 5 rings (SSSR count). The lowest BCUT2D eigenvalue weighted by Crippen LogP contribution is -2.38. The third-order valence-corrected chi connectivity index (χ3v) is 5.54. The van der Waals surface area contributed by atoms with Gasteiger partial charge in [-0.1, -0.05) is 11.6 Å². The highest BCUT2D eigenvalue weighted by Crippen LogP contribution is 2.33. The first-order valence-electron chi connectivity index (χ1n) is 10.2. The number of hydrogen-bond donors (Lipinski definition) is 3. The predicted molar refractivity (Wildman–Crippen MR) is 118 cm³/mol. The first kappa shape index (κ1) is 21.3. The van der Waals surface area contributed by atoms with Crippen LogP contribution in [0.5, 0.6) is 0 Å². The normalized spacial score (nSPS) is 20.3. The molecule has 0 saturated carbocycles. The van der Waals surface area contributed by atoms with Gasteiger partial charge in [-0.05, 0) is 12.1 Å². The van der Waals surface area contributed by atoms with Gasteiger partial charge in [-0.2, -0.15) is 0 Å². The quantitative estimate of drug-likeness (QED) is 0.387. The van der Waals surface area contributed by atoms with Crippen LogP contribution >= 0.6 is 11.6 Å². The van der Waals surface area contributed by atoms with Gasteiger partial charge >= 0.3 is 0 Å². The number of carbonyl (C=O) groups excluding carboxylic acids is 1. The molecule has 0 radical (unpaired) electrons. The van der Waals surface area contributed by atoms with E-state index in [1.807, 2.05) is 6.07 Å². The maximum atomic E-state index is 12.0. The molecular weight excluding hydrogens is 450 g/mol. The minimum Gasteiger partial charge on any atom is -0.472 e. The van der Waals surface area contributed by atoms with Crippen molar-refractivity contribution in [2.75, 3.05) is 12.4 Å². The molecule has 1 saturated heterocycles. The van der Waals surface area contributed by atoms with E-state index in [9.17, 15) is 9.90 Å². The van der Waals surface area contributed by atoms with E-state index in [1.54, 1.807) is 35.7 Å². The van der Waals surface area contributed by atoms with E-state index in [-0.39, 0.29) is 6.42 Å². The van der Waals surface area contributed by atoms with Crippen LogP contribution in [-0.2, 0) is 16.1 Å². The van der Waals surface area contributed by atoms with E-state index in [0.717, 1.165) is 5.56 Å². The largest absolute Gasteiger partial charge is 0.472 e. The number of rotatable bonds is 6. The molecule has 0 spiro atoms. The highest BCUT2D eigenvalue weighted by atomic mass is 35.5. The average molecular weight is 470 g/mol. The number of likely N-dealkylation sites (N-methyl/N-ethyl adjacent to an activating group) is 1. The second-order valence-corrected chi connectivity index (χ2v) is 7.96. The van der Waals surface area contributed by atoms with Crippen LogP contribution in [0.25, 0.3) is 22.6 Å². The molecule has 3 atom stereocenters. The van der Waals surface area contributed by atoms with Crippen LogP contribution in [0.2, 0.25) is 5.02 Å². The van der Waals surface area contributed by atoms with E-state index < -0.39 is 24.3 Å². The maximum Gasteiger partial charge on any atom is 0.251 e. The highest BCUT2D eigenvalue weighted by Gasteiger charge is 2.40. The number of furan rings is 1. The second-order valence-electron chi connectivity index (χ2n) is 7.53. The van der Waals surface area contributed by atoms with Gasteiger partial charge in [0.05, 0.1) is 30.0 Å². The lowest BCUT2D eigenvalue weighted by atomic mass is 10.1. The monoisotopic (exact) mass is 469 g/mol. The SMILES string of the molecule is CNC(=O)[C@H]1O[C@@H](n2cnc3c(NCc4ccoc4)nc(-c4cncc(Cl)c4)nc32)C[C@@H]1O. The smallest absolute Gasteiger partial charge is 0.251 e. The molecule has 170 valence electrons. The van der Waals surface area contributed by atoms with Crippen molar-refractivity contribution in [1.29, 1.82) is 0 Å². The van der Waals surface area contributed by atoms with Crippen molar-refractivity contribution in [3.63, 3.8) is 0 Å². The Balaban J connectivity index is 1.56. The third-order valence-electron chi connectivity index (χ3n) is 5.34. The van der Waals surface area contributed by atoms with Gasteiger partial charge in [-0.15, -0.1) is 0 Å². The van der Waals surface area contributed by atoms with E-state index in [2.05, 4.69) is 30.6 Å². The Morgan fingerprint density at radius 2 is 2.24 bits per heavy atom. The third kappa shape index (κ3) is 4.13. The fourth-order valence-electron chi connectivity index (χ4n) is 3.70. The molecule has 1 amide bonds. The minimum atomic E-state index is -0.977. The predicted octanol–water partition coefficient (Wildman–Crippen LogP) is 2.14. The standard InChI is InChI=1S/C21H20ClN7O4/c1-23-21(31)17-14(30)5-15(33-17)29-10-26-16-19(25-6-11-2-3-32-9-11)27-18(28-20(16)29)12-4-13(22)8-24-7-12/h2-4,7-10,14-15,17,30H,5-6H2,1H3,(H,23,31)(H,25,27,28)/t14-,15+,17-/m0/s1. The van der Waals surface area contributed by atoms with Crippen LogP contribution in [-0.4, -0.2) is 54.8 Å². The van der Waals surface area contributed by atoms with Crippen LogP contribution in [0.15, 0.2) is 47.8 Å². The minimum absolute atomic E-state index is 0.208. The van der Waals surface area contributed by atoms with Crippen molar-refractivity contribution in [2.24, 2.45) is 0 Å². The van der Waals surface area contributed by atoms with Crippen molar-refractivity contribution in [2.45, 2.75) is 31.4 Å². The van der Waals surface area contributed by atoms with Crippen molar-refractivity contribution in [1.82, 2.24) is 29.8 Å². The van der Waals surface area contributed by atoms with Gasteiger partial charge in [0.2, 0.25) is 0 Å². The Morgan fingerprint density at radius 3 is 3.00 bits per heavy atom. The van der Waals surface area contributed by atoms with E-state index in [1.165, 1.54) is 13.2 Å². The van der Waals surface area contributed by atoms with E-state index in [0.29, 0.717) is 39.9 Å². The second kappa shape index (κ2) is 8.77. The Labute approximate surface area is 192 Å². The van der Waals surface area contributed by atoms with Crippen LogP contribution in [0, 0.1) is 0 Å². The Kier molecular flexibility index (Phi) is 5.67. The molecule has 5 heterocycles. The van der Waals surface area contributed by atoms with Gasteiger partial charge < -0.3 is 24.9 Å². The molecule has 0 aliphatic carbocycles. The first-order chi connectivity index (χ1) is 16.0. The summed E-state index contributed by atoms with van der Waals surface area (Å²) in [5.41, 5.74) is 2.55. The number of imidazole rings is 1. The number of amides is 1. The van der Waals surface area contributed by atoms with Gasteiger partial charge in [0.15, 0.2) is 28.9 Å². The lowest BCUT2D eigenvalue weighted by molar-refractivity contribution is -0.137. The van der Waals surface area contributed by atoms with Crippen molar-refractivity contribution in [3.8, 4) is 11.4 Å². The number of ether oxygens (including phenoxy) is 1. The molecule has 3 N–H and O–H groups in total. The number of pyridine rings is 1. The van der Waals surface area contributed by atoms with Crippen molar-refractivity contribution >= 4 is 34.5 Å². The summed E-state index contributed by atoms with van der Waals surface area (Å²) < 4.78 is 12.7. The van der Waals surface area contributed by atoms with E-state index in [4.69, 9.17) is 20.8 Å². The number of anilines is 1. The fourth-order valence-corrected chi connectivity index (χ4v) is 3.87. The van der Waals surface area contributed by atoms with Gasteiger partial charge in [0, 0.05) is 43.5 Å². The summed E-state index contributed by atoms with van der Waals surface area (Å²) in [4.78, 5) is 30.0. The summed E-state index contributed by atoms with van der Waals surface area (Å²) in [6, 6.07) is 3.56. The van der Waals surface area contributed by atoms with Gasteiger partial charge in [0.1, 0.15) is 6.23 Å². The molecule has 0 bridgehead atoms. The maximum absolute atomic E-state index is 12.0. The Bertz CT molecular complexity index is 1290. The van der Waals surface area contributed by atoms with E-state index >= 15 is 0 Å². The van der Waals surface area contributed by atoms with Crippen molar-refractivity contribution < 1.29 is 19.1 Å². The zero-order valence-corrected chi connectivity index (χ0v) is 18.2. The topological polar surface area (TPSA) is 140 Å². The van der Waals surface area contributed by atoms with Crippen LogP contribution < -0.4 is 10.6 Å². The number of nitrogens with one attached hydrogen (secondary N) is 2. The molecule has 1 fully saturated rings. The number of aliphatic hydroxyl groups excluding tert-OH is 1. The number of fused-ring (bicyclic) bond motifs is 1. The van der Waals surface area contributed by atoms with Crippen molar-refractivity contribution in [3.05, 3.63) is 54.0 Å². The number of hydrogen-bond acceptors (Lipinski definition) is 9. The molecule has 33 heavy (non-hydrogen) atoms. The molecule has 4 aromatic heterocycles. The average Bonchev–Trinajstić information content (AvgIpc) is 3.56. The molecule has 4 aromatic rings. The van der Waals surface area contributed by atoms with Gasteiger partial charge in [0.25, 0.3) is 5.91 Å². The number of carbonyl (C=O) groups is 1. The molecule has 0 unspecified atom stereocenters. The van der Waals surface area contributed by atoms with Gasteiger partial charge in [-0.3, -0.25) is 14.3 Å². The van der Waals surface area contributed by atoms with Crippen LogP contribution in [0.1, 0.15) is 18.2 Å². The highest BCUT2D eigenvalue weighted by molar-refractivity contribution is 6.30. The lowest BCUT2D eigenvalue weighted by Gasteiger charge is -2.15. The molecular formula is C21H20ClN7O4. The molecule has 1 aliphatic heterocycles. The number of halogens is 1. The molecule has 1 aliphatic rings.